The van der Waals surface area contributed by atoms with Gasteiger partial charge in [-0.1, -0.05) is 42.5 Å². The van der Waals surface area contributed by atoms with E-state index in [0.29, 0.717) is 18.1 Å². The molecule has 0 saturated heterocycles. The first-order valence-corrected chi connectivity index (χ1v) is 11.6. The lowest BCUT2D eigenvalue weighted by Crippen LogP contribution is -2.13. The van der Waals surface area contributed by atoms with Crippen molar-refractivity contribution < 1.29 is 13.5 Å². The Morgan fingerprint density at radius 1 is 0.903 bits per heavy atom. The molecule has 1 aliphatic carbocycles. The van der Waals surface area contributed by atoms with Gasteiger partial charge in [0.05, 0.1) is 6.61 Å². The number of hydrogen-bond donors (Lipinski definition) is 0. The van der Waals surface area contributed by atoms with Crippen LogP contribution in [0.25, 0.3) is 11.1 Å². The third-order valence-electron chi connectivity index (χ3n) is 6.33. The van der Waals surface area contributed by atoms with Crippen LogP contribution in [0.2, 0.25) is 0 Å². The van der Waals surface area contributed by atoms with E-state index in [1.54, 1.807) is 13.0 Å². The predicted molar refractivity (Wildman–Crippen MR) is 125 cm³/mol. The quantitative estimate of drug-likeness (QED) is 0.274. The lowest BCUT2D eigenvalue weighted by Gasteiger charge is -2.28. The highest BCUT2D eigenvalue weighted by molar-refractivity contribution is 5.65. The van der Waals surface area contributed by atoms with Crippen LogP contribution < -0.4 is 4.74 Å². The van der Waals surface area contributed by atoms with Crippen molar-refractivity contribution in [3.8, 4) is 16.9 Å². The van der Waals surface area contributed by atoms with Gasteiger partial charge in [-0.2, -0.15) is 4.39 Å². The Bertz CT molecular complexity index is 861. The summed E-state index contributed by atoms with van der Waals surface area (Å²) < 4.78 is 33.8. The highest BCUT2D eigenvalue weighted by Crippen LogP contribution is 2.38. The highest BCUT2D eigenvalue weighted by atomic mass is 19.2. The molecule has 0 atom stereocenters. The average Bonchev–Trinajstić information content (AvgIpc) is 2.80. The molecule has 0 aliphatic heterocycles. The smallest absolute Gasteiger partial charge is 0.201 e. The van der Waals surface area contributed by atoms with Gasteiger partial charge in [-0.25, -0.2) is 4.39 Å². The lowest BCUT2D eigenvalue weighted by atomic mass is 9.77. The van der Waals surface area contributed by atoms with Gasteiger partial charge in [0, 0.05) is 5.56 Å². The summed E-state index contributed by atoms with van der Waals surface area (Å²) in [4.78, 5) is 0. The fraction of sp³-hybridized carbons (Fsp3) is 0.429. The number of hydrogen-bond acceptors (Lipinski definition) is 1. The van der Waals surface area contributed by atoms with Crippen LogP contribution in [0.5, 0.6) is 5.75 Å². The topological polar surface area (TPSA) is 9.23 Å². The first kappa shape index (κ1) is 23.2. The Hall–Kier alpha value is -2.42. The number of ether oxygens (including phenoxy) is 1. The molecule has 0 spiro atoms. The van der Waals surface area contributed by atoms with Gasteiger partial charge in [-0.15, -0.1) is 6.58 Å². The fourth-order valence-corrected chi connectivity index (χ4v) is 4.52. The Kier molecular flexibility index (Phi) is 8.87. The van der Waals surface area contributed by atoms with E-state index >= 15 is 0 Å². The zero-order valence-corrected chi connectivity index (χ0v) is 18.6. The van der Waals surface area contributed by atoms with Gasteiger partial charge in [0.1, 0.15) is 0 Å². The number of allylic oxidation sites excluding steroid dienone is 3. The molecular formula is C28H34F2O. The van der Waals surface area contributed by atoms with Crippen LogP contribution in [0.4, 0.5) is 8.78 Å². The van der Waals surface area contributed by atoms with E-state index in [0.717, 1.165) is 18.8 Å². The third-order valence-corrected chi connectivity index (χ3v) is 6.33. The molecule has 0 aromatic heterocycles. The van der Waals surface area contributed by atoms with Gasteiger partial charge in [0.25, 0.3) is 0 Å². The van der Waals surface area contributed by atoms with Crippen LogP contribution in [0.3, 0.4) is 0 Å². The first-order valence-electron chi connectivity index (χ1n) is 11.6. The predicted octanol–water partition coefficient (Wildman–Crippen LogP) is 8.61. The Morgan fingerprint density at radius 2 is 1.61 bits per heavy atom. The molecule has 0 radical (unpaired) electrons. The van der Waals surface area contributed by atoms with Crippen LogP contribution in [-0.2, 0) is 0 Å². The van der Waals surface area contributed by atoms with Crippen molar-refractivity contribution in [2.45, 2.75) is 64.2 Å². The normalized spacial score (nSPS) is 18.9. The molecule has 31 heavy (non-hydrogen) atoms. The Labute approximate surface area is 185 Å². The summed E-state index contributed by atoms with van der Waals surface area (Å²) in [6.07, 6.45) is 16.1. The molecule has 1 nitrogen and oxygen atoms in total. The average molecular weight is 425 g/mol. The van der Waals surface area contributed by atoms with E-state index in [-0.39, 0.29) is 11.3 Å². The molecule has 0 heterocycles. The Balaban J connectivity index is 1.54. The SMILES string of the molecule is C=CCCC=CCCC1CCC(c2ccc(-c3ccc(OCC)c(F)c3F)cc2)CC1. The first-order chi connectivity index (χ1) is 15.1. The molecule has 0 N–H and O–H groups in total. The van der Waals surface area contributed by atoms with Crippen molar-refractivity contribution in [3.63, 3.8) is 0 Å². The van der Waals surface area contributed by atoms with Crippen molar-refractivity contribution in [2.75, 3.05) is 6.61 Å². The molecule has 2 aromatic carbocycles. The second-order valence-electron chi connectivity index (χ2n) is 8.43. The molecule has 3 rings (SSSR count). The molecule has 1 fully saturated rings. The van der Waals surface area contributed by atoms with Crippen molar-refractivity contribution >= 4 is 0 Å². The molecule has 0 amide bonds. The summed E-state index contributed by atoms with van der Waals surface area (Å²) in [5, 5.41) is 0. The summed E-state index contributed by atoms with van der Waals surface area (Å²) in [7, 11) is 0. The summed E-state index contributed by atoms with van der Waals surface area (Å²) in [6, 6.07) is 11.1. The summed E-state index contributed by atoms with van der Waals surface area (Å²) in [6.45, 7) is 5.81. The van der Waals surface area contributed by atoms with Gasteiger partial charge in [-0.3, -0.25) is 0 Å². The third kappa shape index (κ3) is 6.29. The molecule has 1 aliphatic rings. The van der Waals surface area contributed by atoms with E-state index in [1.807, 2.05) is 18.2 Å². The maximum atomic E-state index is 14.5. The van der Waals surface area contributed by atoms with Gasteiger partial charge in [0.15, 0.2) is 11.6 Å². The molecule has 2 aromatic rings. The minimum absolute atomic E-state index is 0.0376. The highest BCUT2D eigenvalue weighted by Gasteiger charge is 2.22. The van der Waals surface area contributed by atoms with E-state index in [4.69, 9.17) is 4.74 Å². The molecule has 1 saturated carbocycles. The van der Waals surface area contributed by atoms with Gasteiger partial charge in [0.2, 0.25) is 5.82 Å². The maximum Gasteiger partial charge on any atom is 0.201 e. The van der Waals surface area contributed by atoms with E-state index in [1.165, 1.54) is 50.2 Å². The Morgan fingerprint density at radius 3 is 2.29 bits per heavy atom. The van der Waals surface area contributed by atoms with E-state index in [2.05, 4.69) is 30.9 Å². The summed E-state index contributed by atoms with van der Waals surface area (Å²) in [5.41, 5.74) is 2.27. The van der Waals surface area contributed by atoms with Gasteiger partial charge >= 0.3 is 0 Å². The molecule has 3 heteroatoms. The van der Waals surface area contributed by atoms with Crippen molar-refractivity contribution in [1.29, 1.82) is 0 Å². The zero-order chi connectivity index (χ0) is 22.1. The van der Waals surface area contributed by atoms with Gasteiger partial charge in [-0.05, 0) is 93.4 Å². The minimum Gasteiger partial charge on any atom is -0.491 e. The molecule has 166 valence electrons. The standard InChI is InChI=1S/C28H34F2O/c1-3-5-6-7-8-9-10-21-11-13-22(14-12-21)23-15-17-24(18-16-23)25-19-20-26(31-4-2)28(30)27(25)29/h3,7-8,15-22H,1,4-6,9-14H2,2H3. The lowest BCUT2D eigenvalue weighted by molar-refractivity contribution is 0.312. The maximum absolute atomic E-state index is 14.5. The number of unbranched alkanes of at least 4 members (excludes halogenated alkanes) is 1. The summed E-state index contributed by atoms with van der Waals surface area (Å²) in [5.74, 6) is -0.421. The van der Waals surface area contributed by atoms with E-state index < -0.39 is 11.6 Å². The number of benzene rings is 2. The zero-order valence-electron chi connectivity index (χ0n) is 18.6. The number of rotatable bonds is 10. The van der Waals surface area contributed by atoms with Crippen molar-refractivity contribution in [3.05, 3.63) is 78.4 Å². The van der Waals surface area contributed by atoms with Crippen molar-refractivity contribution in [1.82, 2.24) is 0 Å². The second kappa shape index (κ2) is 11.8. The second-order valence-corrected chi connectivity index (χ2v) is 8.43. The molecule has 0 unspecified atom stereocenters. The van der Waals surface area contributed by atoms with Crippen LogP contribution in [0.15, 0.2) is 61.2 Å². The largest absolute Gasteiger partial charge is 0.491 e. The van der Waals surface area contributed by atoms with Crippen LogP contribution >= 0.6 is 0 Å². The summed E-state index contributed by atoms with van der Waals surface area (Å²) >= 11 is 0. The molecular weight excluding hydrogens is 390 g/mol. The van der Waals surface area contributed by atoms with Crippen LogP contribution in [0.1, 0.15) is 69.8 Å². The van der Waals surface area contributed by atoms with Crippen LogP contribution in [-0.4, -0.2) is 6.61 Å². The van der Waals surface area contributed by atoms with Crippen molar-refractivity contribution in [2.24, 2.45) is 5.92 Å². The molecule has 0 bridgehead atoms. The minimum atomic E-state index is -0.919. The fourth-order valence-electron chi connectivity index (χ4n) is 4.52. The van der Waals surface area contributed by atoms with E-state index in [9.17, 15) is 8.78 Å². The van der Waals surface area contributed by atoms with Crippen LogP contribution in [0, 0.1) is 17.6 Å². The number of halogens is 2. The van der Waals surface area contributed by atoms with Gasteiger partial charge < -0.3 is 4.74 Å². The monoisotopic (exact) mass is 424 g/mol.